The monoisotopic (exact) mass is 250 g/mol. The Kier molecular flexibility index (Phi) is 5.94. The molecule has 0 aliphatic rings. The zero-order valence-corrected chi connectivity index (χ0v) is 10.4. The zero-order valence-electron chi connectivity index (χ0n) is 10.4. The molecule has 0 unspecified atom stereocenters. The van der Waals surface area contributed by atoms with Crippen LogP contribution in [0.5, 0.6) is 5.75 Å². The molecule has 0 saturated heterocycles. The number of unbranched alkanes of at least 4 members (excludes halogenated alkanes) is 1. The minimum Gasteiger partial charge on any atom is -0.508 e. The van der Waals surface area contributed by atoms with Gasteiger partial charge in [0.25, 0.3) is 0 Å². The van der Waals surface area contributed by atoms with Crippen LogP contribution in [0.2, 0.25) is 0 Å². The van der Waals surface area contributed by atoms with Crippen LogP contribution in [0, 0.1) is 0 Å². The van der Waals surface area contributed by atoms with Gasteiger partial charge in [0, 0.05) is 12.7 Å². The molecule has 0 aromatic heterocycles. The molecule has 18 heavy (non-hydrogen) atoms. The van der Waals surface area contributed by atoms with Gasteiger partial charge in [-0.1, -0.05) is 19.4 Å². The number of hydrogen-bond donors (Lipinski definition) is 2. The zero-order chi connectivity index (χ0) is 13.4. The van der Waals surface area contributed by atoms with Gasteiger partial charge in [0.1, 0.15) is 5.75 Å². The number of phenols is 1. The summed E-state index contributed by atoms with van der Waals surface area (Å²) in [5.41, 5.74) is 1.52. The standard InChI is InChI=1S/C14H18O4/c1-2-3-8-18-10-12-9-13(15)6-4-11(12)5-7-14(16)17/h4-7,9,15H,2-3,8,10H2,1H3,(H,16,17)/b7-5+. The van der Waals surface area contributed by atoms with Crippen molar-refractivity contribution in [3.8, 4) is 5.75 Å². The maximum absolute atomic E-state index is 10.5. The Morgan fingerprint density at radius 1 is 1.44 bits per heavy atom. The van der Waals surface area contributed by atoms with E-state index >= 15 is 0 Å². The highest BCUT2D eigenvalue weighted by molar-refractivity contribution is 5.85. The molecule has 1 rings (SSSR count). The SMILES string of the molecule is CCCCOCc1cc(O)ccc1/C=C/C(=O)O. The topological polar surface area (TPSA) is 66.8 Å². The fourth-order valence-electron chi connectivity index (χ4n) is 1.47. The Balaban J connectivity index is 2.73. The number of ether oxygens (including phenoxy) is 1. The number of benzene rings is 1. The summed E-state index contributed by atoms with van der Waals surface area (Å²) >= 11 is 0. The molecule has 1 aromatic carbocycles. The van der Waals surface area contributed by atoms with Crippen molar-refractivity contribution < 1.29 is 19.7 Å². The van der Waals surface area contributed by atoms with Gasteiger partial charge in [-0.25, -0.2) is 4.79 Å². The first kappa shape index (κ1) is 14.3. The molecule has 0 atom stereocenters. The molecular formula is C14H18O4. The number of aromatic hydroxyl groups is 1. The predicted molar refractivity (Wildman–Crippen MR) is 69.3 cm³/mol. The molecule has 0 heterocycles. The quantitative estimate of drug-likeness (QED) is 0.577. The maximum Gasteiger partial charge on any atom is 0.328 e. The molecule has 0 amide bonds. The second-order valence-electron chi connectivity index (χ2n) is 3.96. The minimum atomic E-state index is -0.999. The van der Waals surface area contributed by atoms with E-state index in [1.54, 1.807) is 12.1 Å². The van der Waals surface area contributed by atoms with Crippen molar-refractivity contribution in [2.75, 3.05) is 6.61 Å². The van der Waals surface area contributed by atoms with E-state index in [9.17, 15) is 9.90 Å². The van der Waals surface area contributed by atoms with Gasteiger partial charge < -0.3 is 14.9 Å². The number of carboxylic acid groups (broad SMARTS) is 1. The summed E-state index contributed by atoms with van der Waals surface area (Å²) in [6, 6.07) is 4.79. The fraction of sp³-hybridized carbons (Fsp3) is 0.357. The molecule has 0 radical (unpaired) electrons. The van der Waals surface area contributed by atoms with E-state index in [4.69, 9.17) is 9.84 Å². The number of carboxylic acids is 1. The highest BCUT2D eigenvalue weighted by Gasteiger charge is 2.02. The lowest BCUT2D eigenvalue weighted by Crippen LogP contribution is -1.97. The van der Waals surface area contributed by atoms with E-state index in [1.807, 2.05) is 0 Å². The summed E-state index contributed by atoms with van der Waals surface area (Å²) < 4.78 is 5.47. The molecule has 0 fully saturated rings. The number of carbonyl (C=O) groups is 1. The smallest absolute Gasteiger partial charge is 0.328 e. The number of aliphatic carboxylic acids is 1. The summed E-state index contributed by atoms with van der Waals surface area (Å²) in [7, 11) is 0. The molecule has 4 heteroatoms. The molecule has 0 saturated carbocycles. The maximum atomic E-state index is 10.5. The van der Waals surface area contributed by atoms with Gasteiger partial charge in [-0.2, -0.15) is 0 Å². The second-order valence-corrected chi connectivity index (χ2v) is 3.96. The van der Waals surface area contributed by atoms with Gasteiger partial charge >= 0.3 is 5.97 Å². The first-order valence-electron chi connectivity index (χ1n) is 5.94. The van der Waals surface area contributed by atoms with Crippen LogP contribution in [0.4, 0.5) is 0 Å². The lowest BCUT2D eigenvalue weighted by atomic mass is 10.1. The summed E-state index contributed by atoms with van der Waals surface area (Å²) in [5, 5.41) is 18.0. The largest absolute Gasteiger partial charge is 0.508 e. The summed E-state index contributed by atoms with van der Waals surface area (Å²) in [6.45, 7) is 3.11. The van der Waals surface area contributed by atoms with Gasteiger partial charge in [0.05, 0.1) is 6.61 Å². The lowest BCUT2D eigenvalue weighted by molar-refractivity contribution is -0.131. The normalized spacial score (nSPS) is 10.9. The van der Waals surface area contributed by atoms with Crippen LogP contribution >= 0.6 is 0 Å². The van der Waals surface area contributed by atoms with Crippen molar-refractivity contribution in [2.24, 2.45) is 0 Å². The van der Waals surface area contributed by atoms with Crippen LogP contribution in [-0.2, 0) is 16.1 Å². The van der Waals surface area contributed by atoms with Crippen molar-refractivity contribution in [1.29, 1.82) is 0 Å². The third kappa shape index (κ3) is 5.01. The van der Waals surface area contributed by atoms with E-state index in [2.05, 4.69) is 6.92 Å². The number of rotatable bonds is 7. The van der Waals surface area contributed by atoms with Gasteiger partial charge in [-0.3, -0.25) is 0 Å². The highest BCUT2D eigenvalue weighted by Crippen LogP contribution is 2.19. The Labute approximate surface area is 107 Å². The summed E-state index contributed by atoms with van der Waals surface area (Å²) in [6.07, 6.45) is 4.62. The Morgan fingerprint density at radius 2 is 2.22 bits per heavy atom. The average Bonchev–Trinajstić information content (AvgIpc) is 2.33. The van der Waals surface area contributed by atoms with Crippen LogP contribution in [0.25, 0.3) is 6.08 Å². The number of phenolic OH excluding ortho intramolecular Hbond substituents is 1. The Hall–Kier alpha value is -1.81. The van der Waals surface area contributed by atoms with Gasteiger partial charge in [0.2, 0.25) is 0 Å². The molecule has 0 bridgehead atoms. The Morgan fingerprint density at radius 3 is 2.89 bits per heavy atom. The fourth-order valence-corrected chi connectivity index (χ4v) is 1.47. The molecule has 4 nitrogen and oxygen atoms in total. The molecule has 0 aliphatic carbocycles. The lowest BCUT2D eigenvalue weighted by Gasteiger charge is -2.07. The van der Waals surface area contributed by atoms with Crippen molar-refractivity contribution in [3.63, 3.8) is 0 Å². The molecule has 0 aliphatic heterocycles. The van der Waals surface area contributed by atoms with E-state index < -0.39 is 5.97 Å². The molecule has 0 spiro atoms. The predicted octanol–water partition coefficient (Wildman–Crippen LogP) is 2.81. The Bertz CT molecular complexity index is 424. The van der Waals surface area contributed by atoms with E-state index in [0.717, 1.165) is 30.0 Å². The first-order chi connectivity index (χ1) is 8.63. The van der Waals surface area contributed by atoms with Gasteiger partial charge in [-0.15, -0.1) is 0 Å². The van der Waals surface area contributed by atoms with Gasteiger partial charge in [0.15, 0.2) is 0 Å². The van der Waals surface area contributed by atoms with Crippen molar-refractivity contribution in [1.82, 2.24) is 0 Å². The third-order valence-electron chi connectivity index (χ3n) is 2.43. The van der Waals surface area contributed by atoms with Crippen LogP contribution in [0.1, 0.15) is 30.9 Å². The van der Waals surface area contributed by atoms with Crippen LogP contribution < -0.4 is 0 Å². The van der Waals surface area contributed by atoms with Crippen LogP contribution in [0.3, 0.4) is 0 Å². The van der Waals surface area contributed by atoms with E-state index in [-0.39, 0.29) is 5.75 Å². The third-order valence-corrected chi connectivity index (χ3v) is 2.43. The summed E-state index contributed by atoms with van der Waals surface area (Å²) in [4.78, 5) is 10.5. The van der Waals surface area contributed by atoms with Crippen molar-refractivity contribution in [3.05, 3.63) is 35.4 Å². The molecule has 98 valence electrons. The van der Waals surface area contributed by atoms with Crippen LogP contribution in [-0.4, -0.2) is 22.8 Å². The molecule has 1 aromatic rings. The number of hydrogen-bond acceptors (Lipinski definition) is 3. The molecule has 2 N–H and O–H groups in total. The average molecular weight is 250 g/mol. The van der Waals surface area contributed by atoms with E-state index in [1.165, 1.54) is 12.1 Å². The van der Waals surface area contributed by atoms with E-state index in [0.29, 0.717) is 13.2 Å². The first-order valence-corrected chi connectivity index (χ1v) is 5.94. The van der Waals surface area contributed by atoms with Gasteiger partial charge in [-0.05, 0) is 35.8 Å². The van der Waals surface area contributed by atoms with Crippen molar-refractivity contribution >= 4 is 12.0 Å². The minimum absolute atomic E-state index is 0.150. The van der Waals surface area contributed by atoms with Crippen molar-refractivity contribution in [2.45, 2.75) is 26.4 Å². The highest BCUT2D eigenvalue weighted by atomic mass is 16.5. The second kappa shape index (κ2) is 7.50. The van der Waals surface area contributed by atoms with Crippen LogP contribution in [0.15, 0.2) is 24.3 Å². The molecular weight excluding hydrogens is 232 g/mol. The summed E-state index contributed by atoms with van der Waals surface area (Å²) in [5.74, 6) is -0.850.